The monoisotopic (exact) mass is 265 g/mol. The summed E-state index contributed by atoms with van der Waals surface area (Å²) < 4.78 is 0. The molecule has 0 atom stereocenters. The third kappa shape index (κ3) is 3.73. The molecule has 1 aromatic rings. The maximum absolute atomic E-state index is 5.92. The minimum Gasteiger partial charge on any atom is -0.369 e. The Balaban J connectivity index is 1.91. The Labute approximate surface area is 111 Å². The average Bonchev–Trinajstić information content (AvgIpc) is 2.90. The molecule has 0 aromatic carbocycles. The van der Waals surface area contributed by atoms with E-state index in [4.69, 9.17) is 11.5 Å². The van der Waals surface area contributed by atoms with Crippen molar-refractivity contribution in [1.29, 1.82) is 0 Å². The van der Waals surface area contributed by atoms with Crippen molar-refractivity contribution in [2.24, 2.45) is 21.5 Å². The van der Waals surface area contributed by atoms with E-state index in [1.807, 2.05) is 17.5 Å². The lowest BCUT2D eigenvalue weighted by atomic mass is 10.1. The van der Waals surface area contributed by atoms with Crippen molar-refractivity contribution in [3.05, 3.63) is 22.4 Å². The summed E-state index contributed by atoms with van der Waals surface area (Å²) in [5.74, 6) is 0.744. The molecule has 0 unspecified atom stereocenters. The molecule has 1 aliphatic rings. The highest BCUT2D eigenvalue weighted by atomic mass is 32.1. The number of aliphatic imine (C=N–C) groups is 2. The molecule has 1 fully saturated rings. The molecule has 0 aliphatic carbocycles. The predicted molar refractivity (Wildman–Crippen MR) is 76.7 cm³/mol. The summed E-state index contributed by atoms with van der Waals surface area (Å²) in [6.45, 7) is 2.50. The zero-order chi connectivity index (χ0) is 12.8. The van der Waals surface area contributed by atoms with E-state index in [1.54, 1.807) is 11.3 Å². The molecule has 98 valence electrons. The van der Waals surface area contributed by atoms with Gasteiger partial charge in [-0.1, -0.05) is 6.07 Å². The molecule has 1 aromatic heterocycles. The largest absolute Gasteiger partial charge is 0.369 e. The Bertz CT molecular complexity index is 418. The van der Waals surface area contributed by atoms with Crippen LogP contribution in [0.5, 0.6) is 0 Å². The van der Waals surface area contributed by atoms with E-state index in [1.165, 1.54) is 24.1 Å². The highest BCUT2D eigenvalue weighted by molar-refractivity contribution is 7.09. The first kappa shape index (κ1) is 12.9. The van der Waals surface area contributed by atoms with Crippen LogP contribution < -0.4 is 11.5 Å². The van der Waals surface area contributed by atoms with Crippen molar-refractivity contribution in [2.45, 2.75) is 25.8 Å². The van der Waals surface area contributed by atoms with Crippen LogP contribution in [0.15, 0.2) is 27.5 Å². The van der Waals surface area contributed by atoms with Gasteiger partial charge in [-0.25, -0.2) is 4.99 Å². The summed E-state index contributed by atoms with van der Waals surface area (Å²) in [5, 5.41) is 2.02. The predicted octanol–water partition coefficient (Wildman–Crippen LogP) is 1.36. The fourth-order valence-corrected chi connectivity index (χ4v) is 2.54. The maximum Gasteiger partial charge on any atom is 0.218 e. The molecular formula is C12H19N5S. The number of guanidine groups is 2. The van der Waals surface area contributed by atoms with E-state index < -0.39 is 0 Å². The average molecular weight is 265 g/mol. The van der Waals surface area contributed by atoms with Gasteiger partial charge in [-0.2, -0.15) is 4.99 Å². The first-order chi connectivity index (χ1) is 8.75. The fraction of sp³-hybridized carbons (Fsp3) is 0.500. The van der Waals surface area contributed by atoms with Crippen LogP contribution in [0.1, 0.15) is 24.1 Å². The number of piperidine rings is 1. The van der Waals surface area contributed by atoms with Crippen LogP contribution in [0, 0.1) is 0 Å². The summed E-state index contributed by atoms with van der Waals surface area (Å²) in [7, 11) is 0. The van der Waals surface area contributed by atoms with Crippen LogP contribution >= 0.6 is 11.3 Å². The summed E-state index contributed by atoms with van der Waals surface area (Å²) in [5.41, 5.74) is 11.7. The molecule has 0 amide bonds. The van der Waals surface area contributed by atoms with Gasteiger partial charge in [-0.15, -0.1) is 11.3 Å². The van der Waals surface area contributed by atoms with Crippen LogP contribution in [-0.4, -0.2) is 29.9 Å². The summed E-state index contributed by atoms with van der Waals surface area (Å²) >= 11 is 1.66. The first-order valence-corrected chi connectivity index (χ1v) is 7.05. The van der Waals surface area contributed by atoms with Crippen LogP contribution in [0.3, 0.4) is 0 Å². The zero-order valence-corrected chi connectivity index (χ0v) is 11.2. The standard InChI is InChI=1S/C12H19N5S/c13-11(15-9-10-5-4-8-18-10)16-12(14)17-6-2-1-3-7-17/h4-5,8H,1-3,6-7,9H2,(H4,13,14,15,16). The SMILES string of the molecule is NC(=NCc1cccs1)/N=C(\N)N1CCCCC1. The number of nitrogens with two attached hydrogens (primary N) is 2. The molecule has 2 heterocycles. The number of nitrogens with zero attached hydrogens (tertiary/aromatic N) is 3. The number of hydrogen-bond donors (Lipinski definition) is 2. The maximum atomic E-state index is 5.92. The molecule has 6 heteroatoms. The van der Waals surface area contributed by atoms with Gasteiger partial charge in [0.1, 0.15) is 0 Å². The summed E-state index contributed by atoms with van der Waals surface area (Å²) in [4.78, 5) is 11.6. The molecule has 18 heavy (non-hydrogen) atoms. The zero-order valence-electron chi connectivity index (χ0n) is 10.4. The lowest BCUT2D eigenvalue weighted by Gasteiger charge is -2.27. The van der Waals surface area contributed by atoms with Gasteiger partial charge in [0.05, 0.1) is 6.54 Å². The van der Waals surface area contributed by atoms with Gasteiger partial charge in [0, 0.05) is 18.0 Å². The minimum absolute atomic E-state index is 0.256. The van der Waals surface area contributed by atoms with Gasteiger partial charge in [-0.05, 0) is 30.7 Å². The van der Waals surface area contributed by atoms with Crippen molar-refractivity contribution in [2.75, 3.05) is 13.1 Å². The number of hydrogen-bond acceptors (Lipinski definition) is 2. The van der Waals surface area contributed by atoms with Crippen molar-refractivity contribution in [3.63, 3.8) is 0 Å². The van der Waals surface area contributed by atoms with Gasteiger partial charge < -0.3 is 16.4 Å². The van der Waals surface area contributed by atoms with E-state index in [0.717, 1.165) is 13.1 Å². The highest BCUT2D eigenvalue weighted by Crippen LogP contribution is 2.10. The van der Waals surface area contributed by atoms with Crippen LogP contribution in [-0.2, 0) is 6.54 Å². The van der Waals surface area contributed by atoms with Crippen molar-refractivity contribution in [3.8, 4) is 0 Å². The molecule has 0 radical (unpaired) electrons. The number of rotatable bonds is 2. The topological polar surface area (TPSA) is 80.0 Å². The fourth-order valence-electron chi connectivity index (χ4n) is 1.91. The second-order valence-electron chi connectivity index (χ2n) is 4.27. The van der Waals surface area contributed by atoms with Crippen molar-refractivity contribution >= 4 is 23.3 Å². The van der Waals surface area contributed by atoms with E-state index in [2.05, 4.69) is 14.9 Å². The summed E-state index contributed by atoms with van der Waals surface area (Å²) in [6.07, 6.45) is 3.61. The lowest BCUT2D eigenvalue weighted by Crippen LogP contribution is -2.41. The third-order valence-corrected chi connectivity index (χ3v) is 3.75. The third-order valence-electron chi connectivity index (χ3n) is 2.89. The molecule has 2 rings (SSSR count). The Hall–Kier alpha value is -1.56. The van der Waals surface area contributed by atoms with Crippen LogP contribution in [0.25, 0.3) is 0 Å². The Morgan fingerprint density at radius 2 is 2.06 bits per heavy atom. The smallest absolute Gasteiger partial charge is 0.218 e. The minimum atomic E-state index is 0.256. The Morgan fingerprint density at radius 3 is 2.72 bits per heavy atom. The number of thiophene rings is 1. The molecule has 1 aliphatic heterocycles. The van der Waals surface area contributed by atoms with Crippen LogP contribution in [0.2, 0.25) is 0 Å². The van der Waals surface area contributed by atoms with Gasteiger partial charge in [0.25, 0.3) is 0 Å². The molecule has 0 bridgehead atoms. The van der Waals surface area contributed by atoms with Gasteiger partial charge in [0.2, 0.25) is 5.96 Å². The normalized spacial score (nSPS) is 18.1. The van der Waals surface area contributed by atoms with E-state index >= 15 is 0 Å². The van der Waals surface area contributed by atoms with Crippen molar-refractivity contribution < 1.29 is 0 Å². The molecule has 1 saturated heterocycles. The quantitative estimate of drug-likeness (QED) is 0.626. The lowest BCUT2D eigenvalue weighted by molar-refractivity contribution is 0.339. The molecular weight excluding hydrogens is 246 g/mol. The van der Waals surface area contributed by atoms with E-state index in [0.29, 0.717) is 12.5 Å². The van der Waals surface area contributed by atoms with Gasteiger partial charge in [-0.3, -0.25) is 0 Å². The summed E-state index contributed by atoms with van der Waals surface area (Å²) in [6, 6.07) is 4.02. The van der Waals surface area contributed by atoms with Gasteiger partial charge in [0.15, 0.2) is 5.96 Å². The molecule has 4 N–H and O–H groups in total. The molecule has 5 nitrogen and oxygen atoms in total. The van der Waals surface area contributed by atoms with Crippen LogP contribution in [0.4, 0.5) is 0 Å². The second-order valence-corrected chi connectivity index (χ2v) is 5.30. The highest BCUT2D eigenvalue weighted by Gasteiger charge is 2.11. The Morgan fingerprint density at radius 1 is 1.28 bits per heavy atom. The second kappa shape index (κ2) is 6.39. The first-order valence-electron chi connectivity index (χ1n) is 6.17. The number of likely N-dealkylation sites (tertiary alicyclic amines) is 1. The van der Waals surface area contributed by atoms with Gasteiger partial charge >= 0.3 is 0 Å². The Kier molecular flexibility index (Phi) is 4.58. The van der Waals surface area contributed by atoms with E-state index in [-0.39, 0.29) is 5.96 Å². The molecule has 0 saturated carbocycles. The van der Waals surface area contributed by atoms with Crippen molar-refractivity contribution in [1.82, 2.24) is 4.90 Å². The molecule has 0 spiro atoms. The van der Waals surface area contributed by atoms with E-state index in [9.17, 15) is 0 Å².